The number of rotatable bonds is 16. The molecule has 0 bridgehead atoms. The summed E-state index contributed by atoms with van der Waals surface area (Å²) in [5.74, 6) is 1.82. The summed E-state index contributed by atoms with van der Waals surface area (Å²) in [7, 11) is 2.65. The fourth-order valence-electron chi connectivity index (χ4n) is 15.3. The van der Waals surface area contributed by atoms with Crippen molar-refractivity contribution >= 4 is 127 Å². The van der Waals surface area contributed by atoms with Gasteiger partial charge < -0.3 is 81.5 Å². The number of methoxy groups -OCH3 is 2. The second-order valence-electron chi connectivity index (χ2n) is 30.6. The Hall–Kier alpha value is -12.3. The largest absolute Gasteiger partial charge is 1.00 e. The number of hydrogen-bond acceptors (Lipinski definition) is 31. The van der Waals surface area contributed by atoms with Gasteiger partial charge in [0, 0.05) is 159 Å². The summed E-state index contributed by atoms with van der Waals surface area (Å²) in [5, 5.41) is 37.6. The monoisotopic (exact) mass is 2030 g/mol. The first-order valence-electron chi connectivity index (χ1n) is 44.1. The van der Waals surface area contributed by atoms with Gasteiger partial charge in [0.2, 0.25) is 0 Å². The number of piperazine rings is 4. The molecule has 0 radical (unpaired) electrons. The molecule has 722 valence electrons. The Morgan fingerprint density at radius 3 is 0.867 bits per heavy atom. The average Bonchev–Trinajstić information content (AvgIpc) is 0.780. The van der Waals surface area contributed by atoms with Crippen LogP contribution in [0.1, 0.15) is 44.2 Å². The summed E-state index contributed by atoms with van der Waals surface area (Å²) in [4.78, 5) is 128. The number of ether oxygens (including phenoxy) is 2. The van der Waals surface area contributed by atoms with Crippen LogP contribution in [0.2, 0.25) is 5.15 Å². The molecule has 0 saturated carbocycles. The van der Waals surface area contributed by atoms with E-state index in [0.29, 0.717) is 95.2 Å². The van der Waals surface area contributed by atoms with E-state index in [0.717, 1.165) is 158 Å². The Bertz CT molecular complexity index is 6680. The number of alkyl halides is 1. The molecule has 42 heteroatoms. The summed E-state index contributed by atoms with van der Waals surface area (Å²) in [6, 6.07) is 67.3. The van der Waals surface area contributed by atoms with E-state index in [-0.39, 0.29) is 185 Å². The number of carbonyl (C=O) groups excluding carboxylic acids is 3. The molecule has 5 N–H and O–H groups in total. The van der Waals surface area contributed by atoms with Gasteiger partial charge in [0.1, 0.15) is 69.3 Å². The summed E-state index contributed by atoms with van der Waals surface area (Å²) in [6.45, 7) is 13.1. The Kier molecular flexibility index (Phi) is 45.1. The minimum atomic E-state index is -1.02. The number of pyridine rings is 4. The number of nitrogens with one attached hydrogen (secondary N) is 1. The van der Waals surface area contributed by atoms with Gasteiger partial charge in [0.15, 0.2) is 22.6 Å². The van der Waals surface area contributed by atoms with Crippen molar-refractivity contribution in [2.75, 3.05) is 167 Å². The second-order valence-corrected chi connectivity index (χ2v) is 30.9. The van der Waals surface area contributed by atoms with Gasteiger partial charge in [-0.2, -0.15) is 0 Å². The van der Waals surface area contributed by atoms with Crippen molar-refractivity contribution in [1.82, 2.24) is 65.1 Å². The third-order valence-corrected chi connectivity index (χ3v) is 22.4. The fourth-order valence-corrected chi connectivity index (χ4v) is 15.5. The van der Waals surface area contributed by atoms with Crippen molar-refractivity contribution in [3.05, 3.63) is 318 Å². The molecule has 16 aromatic rings. The maximum absolute atomic E-state index is 13.6. The van der Waals surface area contributed by atoms with Crippen LogP contribution in [0.4, 0.5) is 62.7 Å². The molecular formula is C101H95ClF5K2N20NaO13. The molecule has 20 rings (SSSR count). The molecule has 4 aliphatic rings. The Morgan fingerprint density at radius 1 is 0.378 bits per heavy atom. The normalized spacial score (nSPS) is 12.9. The first-order valence-corrected chi connectivity index (χ1v) is 43.8. The zero-order valence-corrected chi connectivity index (χ0v) is 87.7. The van der Waals surface area contributed by atoms with E-state index in [1.807, 2.05) is 72.9 Å². The quantitative estimate of drug-likeness (QED) is 0.0228. The number of aromatic carboxylic acids is 2. The van der Waals surface area contributed by atoms with Crippen LogP contribution in [0.3, 0.4) is 0 Å². The van der Waals surface area contributed by atoms with Gasteiger partial charge in [-0.3, -0.25) is 9.18 Å². The van der Waals surface area contributed by atoms with Crippen molar-refractivity contribution in [2.24, 2.45) is 0 Å². The Morgan fingerprint density at radius 2 is 0.615 bits per heavy atom. The molecule has 0 aliphatic carbocycles. The van der Waals surface area contributed by atoms with Crippen molar-refractivity contribution in [3.63, 3.8) is 0 Å². The molecule has 143 heavy (non-hydrogen) atoms. The van der Waals surface area contributed by atoms with Crippen LogP contribution in [0, 0.1) is 23.3 Å². The molecule has 0 unspecified atom stereocenters. The van der Waals surface area contributed by atoms with Crippen LogP contribution in [0.5, 0.6) is 0 Å². The van der Waals surface area contributed by atoms with E-state index < -0.39 is 31.0 Å². The number of halogens is 6. The van der Waals surface area contributed by atoms with Crippen LogP contribution in [-0.4, -0.2) is 244 Å². The molecule has 0 spiro atoms. The molecular weight excluding hydrogens is 1930 g/mol. The van der Waals surface area contributed by atoms with Crippen molar-refractivity contribution in [2.45, 2.75) is 0 Å². The SMILES string of the molecule is CO.COC(=O)c1ccc2nc(Cl)c(-c3ccc(F)cc3)nc2c1.COC(=O)c1ccc2nc(N3CCN(c4ccccn4)CC3)c(-c3ccc(F)cc3)nc2c1.O=C(O)c1ccc2nc(N3CCN(c4ccccn4)CC3)c(-c3ccc(F)cc3)nc2c1.O=C(O)c1ccc2nc(N3CCN(c4ccccn4)CC3)c(-c3ccc(F)cc3)nc2c1.O=CO[O-].[2H]CF.[H-].[K+].[K+].[Na+].[OH-].c1ccc(N2CCNCC2)nc1. The summed E-state index contributed by atoms with van der Waals surface area (Å²) in [6.07, 6.45) is 7.21. The van der Waals surface area contributed by atoms with Crippen LogP contribution < -0.4 is 177 Å². The van der Waals surface area contributed by atoms with E-state index in [4.69, 9.17) is 62.8 Å². The molecule has 0 amide bonds. The number of benzene rings is 8. The maximum atomic E-state index is 13.6. The maximum Gasteiger partial charge on any atom is 1.00 e. The van der Waals surface area contributed by atoms with Crippen LogP contribution in [0.25, 0.3) is 89.2 Å². The van der Waals surface area contributed by atoms with Gasteiger partial charge in [0.25, 0.3) is 6.47 Å². The number of fused-ring (bicyclic) bond motifs is 4. The van der Waals surface area contributed by atoms with Crippen LogP contribution >= 0.6 is 11.6 Å². The standard InChI is InChI=1S/C25H22FN5O2.2C24H20FN5O2.C16H10ClFN2O2.C9H13N3.CH3F.CH2O3.CH4O.2K.Na.H2O.H/c1-33-25(32)18-7-10-20-21(16-18)28-23(17-5-8-19(26)9-6-17)24(29-20)31-14-12-30(13-15-31)22-4-2-3-11-27-22;2*25-18-7-4-16(5-8-18)22-23(28-19-9-6-17(24(31)32)15-20(19)27-22)30-13-11-29(12-14-30)21-3-1-2-10-26-21;1-22-16(21)10-4-7-12-13(8-10)19-14(15(17)20-12)9-2-5-11(18)6-3-9;1-2-4-11-9(3-1)12-7-5-10-6-8-12;1-2;2-1-4-3;1-2;;;;;/h2-11,16H,12-15H2,1H3;2*1-10,15H,11-14H2,(H,31,32);2-8H,1H3;1-4,10H,5-8H2;1H3;1,3H;2H,1H3;;;;1H2;/q;;;;;;;;3*+1;;-1/p-2/i;;;;;1D;;;;;;;. The van der Waals surface area contributed by atoms with E-state index in [1.165, 1.54) is 87.0 Å². The van der Waals surface area contributed by atoms with Gasteiger partial charge >= 0.3 is 156 Å². The number of anilines is 7. The molecule has 0 atom stereocenters. The predicted molar refractivity (Wildman–Crippen MR) is 522 cm³/mol. The zero-order chi connectivity index (χ0) is 99.0. The molecule has 8 aromatic heterocycles. The topological polar surface area (TPSA) is 416 Å². The number of aliphatic hydroxyl groups excluding tert-OH is 1. The summed E-state index contributed by atoms with van der Waals surface area (Å²) >= 11 is 6.15. The molecule has 8 aromatic carbocycles. The van der Waals surface area contributed by atoms with Gasteiger partial charge in [-0.1, -0.05) is 35.9 Å². The van der Waals surface area contributed by atoms with E-state index in [9.17, 15) is 51.3 Å². The third kappa shape index (κ3) is 30.7. The number of nitrogens with zero attached hydrogens (tertiary/aromatic N) is 19. The molecule has 33 nitrogen and oxygen atoms in total. The van der Waals surface area contributed by atoms with Gasteiger partial charge in [-0.05, 0) is 218 Å². The van der Waals surface area contributed by atoms with Gasteiger partial charge in [-0.25, -0.2) is 96.5 Å². The molecule has 4 saturated heterocycles. The number of hydrogen-bond donors (Lipinski definition) is 4. The molecule has 4 aliphatic heterocycles. The van der Waals surface area contributed by atoms with Crippen LogP contribution in [0.15, 0.2) is 267 Å². The van der Waals surface area contributed by atoms with Crippen molar-refractivity contribution in [1.29, 1.82) is 0 Å². The van der Waals surface area contributed by atoms with Gasteiger partial charge in [-0.15, -0.1) is 0 Å². The average molecular weight is 2030 g/mol. The first-order chi connectivity index (χ1) is 68.2. The van der Waals surface area contributed by atoms with Crippen molar-refractivity contribution in [3.8, 4) is 45.0 Å². The number of aromatic nitrogens is 12. The number of carboxylic acids is 2. The predicted octanol–water partition coefficient (Wildman–Crippen LogP) is 5.60. The van der Waals surface area contributed by atoms with E-state index in [2.05, 4.69) is 85.2 Å². The number of aliphatic hydroxyl groups is 1. The molecule has 4 fully saturated rings. The number of carboxylic acid groups (broad SMARTS) is 2. The summed E-state index contributed by atoms with van der Waals surface area (Å²) < 4.78 is 78.7. The number of esters is 2. The minimum Gasteiger partial charge on any atom is -1.00 e. The fraction of sp³-hybridized carbons (Fsp3) is 0.198. The minimum absolute atomic E-state index is 0. The smallest absolute Gasteiger partial charge is 1.00 e. The zero-order valence-electron chi connectivity index (χ0n) is 80.7. The van der Waals surface area contributed by atoms with E-state index >= 15 is 0 Å². The van der Waals surface area contributed by atoms with Crippen molar-refractivity contribution < 1.29 is 221 Å². The Balaban J connectivity index is 0.000000220. The number of carbonyl (C=O) groups is 5. The Labute approximate surface area is 933 Å². The van der Waals surface area contributed by atoms with Gasteiger partial charge in [0.05, 0.1) is 89.1 Å². The second kappa shape index (κ2) is 57.3. The summed E-state index contributed by atoms with van der Waals surface area (Å²) in [5.41, 5.74) is 10.7. The first kappa shape index (κ1) is 113. The third-order valence-electron chi connectivity index (χ3n) is 22.2. The van der Waals surface area contributed by atoms with Crippen LogP contribution in [-0.2, 0) is 19.2 Å². The molecule has 12 heterocycles. The van der Waals surface area contributed by atoms with E-state index in [1.54, 1.807) is 116 Å².